The maximum absolute atomic E-state index is 5.75. The van der Waals surface area contributed by atoms with Crippen molar-refractivity contribution in [2.45, 2.75) is 32.9 Å². The number of amidine groups is 1. The van der Waals surface area contributed by atoms with Gasteiger partial charge in [0.1, 0.15) is 5.84 Å². The molecule has 3 nitrogen and oxygen atoms in total. The molecule has 2 N–H and O–H groups in total. The van der Waals surface area contributed by atoms with Crippen molar-refractivity contribution in [1.29, 1.82) is 0 Å². The zero-order chi connectivity index (χ0) is 7.72. The molecule has 0 saturated carbocycles. The van der Waals surface area contributed by atoms with Crippen LogP contribution >= 0.6 is 0 Å². The highest BCUT2D eigenvalue weighted by Gasteiger charge is 2.18. The zero-order valence-electron chi connectivity index (χ0n) is 6.63. The highest BCUT2D eigenvalue weighted by atomic mass is 15.0. The summed E-state index contributed by atoms with van der Waals surface area (Å²) in [6.07, 6.45) is 0. The summed E-state index contributed by atoms with van der Waals surface area (Å²) >= 11 is 0. The van der Waals surface area contributed by atoms with Crippen molar-refractivity contribution in [2.24, 2.45) is 15.7 Å². The van der Waals surface area contributed by atoms with E-state index < -0.39 is 0 Å². The van der Waals surface area contributed by atoms with Crippen LogP contribution in [-0.2, 0) is 0 Å². The van der Waals surface area contributed by atoms with Crippen LogP contribution in [0.2, 0.25) is 0 Å². The van der Waals surface area contributed by atoms with Crippen molar-refractivity contribution in [3.63, 3.8) is 0 Å². The fraction of sp³-hybridized carbons (Fsp3) is 0.714. The summed E-state index contributed by atoms with van der Waals surface area (Å²) in [7, 11) is 0. The highest BCUT2D eigenvalue weighted by molar-refractivity contribution is 6.00. The van der Waals surface area contributed by atoms with Crippen LogP contribution < -0.4 is 5.73 Å². The van der Waals surface area contributed by atoms with Crippen LogP contribution in [0.5, 0.6) is 0 Å². The minimum Gasteiger partial charge on any atom is -0.321 e. The lowest BCUT2D eigenvalue weighted by Gasteiger charge is -2.20. The van der Waals surface area contributed by atoms with Crippen molar-refractivity contribution in [3.05, 3.63) is 0 Å². The third kappa shape index (κ3) is 1.24. The number of rotatable bonds is 0. The molecule has 0 bridgehead atoms. The molecule has 1 rings (SSSR count). The molecule has 2 unspecified atom stereocenters. The summed E-state index contributed by atoms with van der Waals surface area (Å²) in [5.41, 5.74) is 6.73. The van der Waals surface area contributed by atoms with Gasteiger partial charge in [0.2, 0.25) is 0 Å². The largest absolute Gasteiger partial charge is 0.321 e. The van der Waals surface area contributed by atoms with Gasteiger partial charge in [-0.15, -0.1) is 0 Å². The third-order valence-corrected chi connectivity index (χ3v) is 1.73. The van der Waals surface area contributed by atoms with Crippen LogP contribution in [0.15, 0.2) is 9.98 Å². The average molecular weight is 139 g/mol. The van der Waals surface area contributed by atoms with E-state index in [9.17, 15) is 0 Å². The van der Waals surface area contributed by atoms with Crippen molar-refractivity contribution in [3.8, 4) is 0 Å². The van der Waals surface area contributed by atoms with Crippen molar-refractivity contribution in [1.82, 2.24) is 0 Å². The van der Waals surface area contributed by atoms with Gasteiger partial charge in [-0.3, -0.25) is 4.99 Å². The second kappa shape index (κ2) is 2.50. The summed E-state index contributed by atoms with van der Waals surface area (Å²) in [5, 5.41) is 0. The van der Waals surface area contributed by atoms with E-state index in [4.69, 9.17) is 5.73 Å². The molecule has 0 radical (unpaired) electrons. The molecule has 0 aliphatic carbocycles. The summed E-state index contributed by atoms with van der Waals surface area (Å²) in [6, 6.07) is 0.209. The van der Waals surface area contributed by atoms with Gasteiger partial charge in [0.15, 0.2) is 0 Å². The van der Waals surface area contributed by atoms with Crippen LogP contribution in [-0.4, -0.2) is 23.6 Å². The van der Waals surface area contributed by atoms with Gasteiger partial charge in [-0.1, -0.05) is 0 Å². The normalized spacial score (nSPS) is 33.2. The van der Waals surface area contributed by atoms with Gasteiger partial charge in [0.25, 0.3) is 0 Å². The zero-order valence-corrected chi connectivity index (χ0v) is 6.63. The van der Waals surface area contributed by atoms with Crippen LogP contribution in [0, 0.1) is 0 Å². The summed E-state index contributed by atoms with van der Waals surface area (Å²) in [6.45, 7) is 5.84. The van der Waals surface area contributed by atoms with Gasteiger partial charge in [0.05, 0.1) is 12.1 Å². The van der Waals surface area contributed by atoms with Gasteiger partial charge in [-0.25, -0.2) is 4.99 Å². The van der Waals surface area contributed by atoms with Crippen LogP contribution in [0.4, 0.5) is 0 Å². The topological polar surface area (TPSA) is 50.7 Å². The number of hydrogen-bond donors (Lipinski definition) is 1. The van der Waals surface area contributed by atoms with E-state index in [0.29, 0.717) is 0 Å². The summed E-state index contributed by atoms with van der Waals surface area (Å²) in [5.74, 6) is 0.840. The molecule has 0 saturated heterocycles. The molecular formula is C7H13N3. The Kier molecular flexibility index (Phi) is 1.85. The van der Waals surface area contributed by atoms with E-state index in [1.165, 1.54) is 0 Å². The molecule has 0 amide bonds. The van der Waals surface area contributed by atoms with E-state index in [1.54, 1.807) is 0 Å². The lowest BCUT2D eigenvalue weighted by molar-refractivity contribution is 0.667. The predicted octanol–water partition coefficient (Wildman–Crippen LogP) is 0.595. The maximum Gasteiger partial charge on any atom is 0.120 e. The minimum atomic E-state index is 0.0173. The Labute approximate surface area is 61.1 Å². The van der Waals surface area contributed by atoms with Crippen LogP contribution in [0.25, 0.3) is 0 Å². The minimum absolute atomic E-state index is 0.0173. The molecule has 3 heteroatoms. The molecule has 0 aromatic carbocycles. The molecule has 0 spiro atoms. The first kappa shape index (κ1) is 7.41. The highest BCUT2D eigenvalue weighted by Crippen LogP contribution is 2.05. The first-order chi connectivity index (χ1) is 4.61. The quantitative estimate of drug-likeness (QED) is 0.524. The Morgan fingerprint density at radius 1 is 1.40 bits per heavy atom. The van der Waals surface area contributed by atoms with E-state index >= 15 is 0 Å². The second-order valence-electron chi connectivity index (χ2n) is 2.70. The molecule has 1 aliphatic rings. The Balaban J connectivity index is 2.85. The Bertz CT molecular complexity index is 193. The van der Waals surface area contributed by atoms with E-state index in [0.717, 1.165) is 11.5 Å². The van der Waals surface area contributed by atoms with Gasteiger partial charge < -0.3 is 5.73 Å². The predicted molar refractivity (Wildman–Crippen MR) is 43.7 cm³/mol. The van der Waals surface area contributed by atoms with Crippen molar-refractivity contribution in [2.75, 3.05) is 0 Å². The third-order valence-electron chi connectivity index (χ3n) is 1.73. The Morgan fingerprint density at radius 2 is 2.00 bits per heavy atom. The monoisotopic (exact) mass is 139 g/mol. The Morgan fingerprint density at radius 3 is 2.50 bits per heavy atom. The number of aliphatic imine (C=N–C) groups is 2. The van der Waals surface area contributed by atoms with Gasteiger partial charge >= 0.3 is 0 Å². The lowest BCUT2D eigenvalue weighted by atomic mass is 10.1. The van der Waals surface area contributed by atoms with E-state index in [1.807, 2.05) is 20.8 Å². The number of nitrogens with two attached hydrogens (primary N) is 1. The lowest BCUT2D eigenvalue weighted by Crippen LogP contribution is -2.40. The van der Waals surface area contributed by atoms with E-state index in [2.05, 4.69) is 9.98 Å². The fourth-order valence-electron chi connectivity index (χ4n) is 1.08. The maximum atomic E-state index is 5.75. The molecule has 10 heavy (non-hydrogen) atoms. The van der Waals surface area contributed by atoms with Gasteiger partial charge in [-0.2, -0.15) is 0 Å². The molecule has 0 aromatic rings. The number of nitrogens with zero attached hydrogens (tertiary/aromatic N) is 2. The summed E-state index contributed by atoms with van der Waals surface area (Å²) in [4.78, 5) is 8.37. The molecule has 0 fully saturated rings. The van der Waals surface area contributed by atoms with Gasteiger partial charge in [0, 0.05) is 5.71 Å². The van der Waals surface area contributed by atoms with Gasteiger partial charge in [-0.05, 0) is 20.8 Å². The molecule has 56 valence electrons. The SMILES string of the molecule is CC1=NC(C)C(N)C(C)=N1. The van der Waals surface area contributed by atoms with Crippen molar-refractivity contribution >= 4 is 11.5 Å². The molecule has 1 aliphatic heterocycles. The van der Waals surface area contributed by atoms with E-state index in [-0.39, 0.29) is 12.1 Å². The molecule has 2 atom stereocenters. The first-order valence-electron chi connectivity index (χ1n) is 3.46. The molecular weight excluding hydrogens is 126 g/mol. The Hall–Kier alpha value is -0.700. The molecule has 1 heterocycles. The number of hydrogen-bond acceptors (Lipinski definition) is 3. The fourth-order valence-corrected chi connectivity index (χ4v) is 1.08. The van der Waals surface area contributed by atoms with Crippen LogP contribution in [0.3, 0.4) is 0 Å². The average Bonchev–Trinajstić information content (AvgIpc) is 1.82. The first-order valence-corrected chi connectivity index (χ1v) is 3.46. The van der Waals surface area contributed by atoms with Crippen molar-refractivity contribution < 1.29 is 0 Å². The smallest absolute Gasteiger partial charge is 0.120 e. The standard InChI is InChI=1S/C7H13N3/c1-4-7(8)5(2)10-6(3)9-4/h4,7H,8H2,1-3H3. The van der Waals surface area contributed by atoms with Crippen LogP contribution in [0.1, 0.15) is 20.8 Å². The summed E-state index contributed by atoms with van der Waals surface area (Å²) < 4.78 is 0. The second-order valence-corrected chi connectivity index (χ2v) is 2.70. The molecule has 0 aromatic heterocycles.